The van der Waals surface area contributed by atoms with Crippen LogP contribution in [0.2, 0.25) is 5.02 Å². The molecule has 0 bridgehead atoms. The van der Waals surface area contributed by atoms with E-state index < -0.39 is 0 Å². The van der Waals surface area contributed by atoms with Crippen molar-refractivity contribution in [1.29, 1.82) is 0 Å². The number of hydrogen-bond donors (Lipinski definition) is 1. The van der Waals surface area contributed by atoms with Gasteiger partial charge in [0.15, 0.2) is 0 Å². The zero-order valence-electron chi connectivity index (χ0n) is 16.2. The van der Waals surface area contributed by atoms with E-state index in [2.05, 4.69) is 10.2 Å². The zero-order valence-corrected chi connectivity index (χ0v) is 17.0. The number of nitrogens with zero attached hydrogens (tertiary/aromatic N) is 3. The van der Waals surface area contributed by atoms with Crippen LogP contribution in [-0.4, -0.2) is 21.4 Å². The third kappa shape index (κ3) is 3.32. The van der Waals surface area contributed by atoms with Crippen molar-refractivity contribution in [1.82, 2.24) is 9.78 Å². The number of aryl methyl sites for hydroxylation is 2. The van der Waals surface area contributed by atoms with Crippen molar-refractivity contribution in [3.63, 3.8) is 0 Å². The van der Waals surface area contributed by atoms with Crippen molar-refractivity contribution < 1.29 is 4.79 Å². The fraction of sp³-hybridized carbons (Fsp3) is 0.136. The van der Waals surface area contributed by atoms with Gasteiger partial charge in [-0.2, -0.15) is 10.1 Å². The molecule has 1 amide bonds. The SMILES string of the molecule is CC1=NN(c2cccc(Cl)c2)C(=O)/C1=C/c1c(C)[nH]n(-c2ccccc2C)c1=O. The summed E-state index contributed by atoms with van der Waals surface area (Å²) in [5, 5.41) is 9.27. The number of carbonyl (C=O) groups is 1. The van der Waals surface area contributed by atoms with Crippen LogP contribution in [0, 0.1) is 13.8 Å². The predicted octanol–water partition coefficient (Wildman–Crippen LogP) is 4.24. The Bertz CT molecular complexity index is 1250. The maximum absolute atomic E-state index is 13.0. The van der Waals surface area contributed by atoms with Gasteiger partial charge in [0.25, 0.3) is 11.5 Å². The maximum atomic E-state index is 13.0. The first-order valence-corrected chi connectivity index (χ1v) is 9.49. The largest absolute Gasteiger partial charge is 0.295 e. The van der Waals surface area contributed by atoms with Gasteiger partial charge in [-0.05, 0) is 56.7 Å². The third-order valence-corrected chi connectivity index (χ3v) is 5.11. The first-order valence-electron chi connectivity index (χ1n) is 9.11. The van der Waals surface area contributed by atoms with E-state index in [1.54, 1.807) is 37.3 Å². The molecule has 146 valence electrons. The molecular formula is C22H19ClN4O2. The van der Waals surface area contributed by atoms with E-state index in [4.69, 9.17) is 11.6 Å². The molecule has 1 N–H and O–H groups in total. The highest BCUT2D eigenvalue weighted by molar-refractivity contribution is 6.33. The number of nitrogens with one attached hydrogen (secondary N) is 1. The summed E-state index contributed by atoms with van der Waals surface area (Å²) in [5.41, 5.74) is 4.12. The summed E-state index contributed by atoms with van der Waals surface area (Å²) in [4.78, 5) is 26.0. The molecule has 1 aromatic heterocycles. The van der Waals surface area contributed by atoms with Gasteiger partial charge in [-0.3, -0.25) is 14.7 Å². The number of H-pyrrole nitrogens is 1. The lowest BCUT2D eigenvalue weighted by molar-refractivity contribution is -0.114. The lowest BCUT2D eigenvalue weighted by atomic mass is 10.1. The molecule has 1 aliphatic rings. The normalized spacial score (nSPS) is 15.3. The number of rotatable bonds is 3. The van der Waals surface area contributed by atoms with E-state index in [-0.39, 0.29) is 11.5 Å². The van der Waals surface area contributed by atoms with Gasteiger partial charge in [-0.15, -0.1) is 0 Å². The average Bonchev–Trinajstić information content (AvgIpc) is 3.13. The lowest BCUT2D eigenvalue weighted by Crippen LogP contribution is -2.22. The quantitative estimate of drug-likeness (QED) is 0.661. The number of halogens is 1. The summed E-state index contributed by atoms with van der Waals surface area (Å²) >= 11 is 6.04. The van der Waals surface area contributed by atoms with Gasteiger partial charge >= 0.3 is 0 Å². The van der Waals surface area contributed by atoms with Crippen molar-refractivity contribution in [3.05, 3.63) is 86.3 Å². The van der Waals surface area contributed by atoms with E-state index in [1.165, 1.54) is 9.69 Å². The van der Waals surface area contributed by atoms with Crippen LogP contribution in [0.3, 0.4) is 0 Å². The highest BCUT2D eigenvalue weighted by Gasteiger charge is 2.29. The molecule has 29 heavy (non-hydrogen) atoms. The second-order valence-electron chi connectivity index (χ2n) is 6.92. The molecule has 2 heterocycles. The van der Waals surface area contributed by atoms with E-state index in [0.717, 1.165) is 11.3 Å². The van der Waals surface area contributed by atoms with Crippen molar-refractivity contribution in [2.75, 3.05) is 5.01 Å². The minimum Gasteiger partial charge on any atom is -0.295 e. The van der Waals surface area contributed by atoms with Crippen molar-refractivity contribution in [2.24, 2.45) is 5.10 Å². The number of para-hydroxylation sites is 1. The highest BCUT2D eigenvalue weighted by atomic mass is 35.5. The Balaban J connectivity index is 1.76. The molecule has 0 fully saturated rings. The van der Waals surface area contributed by atoms with E-state index in [0.29, 0.717) is 33.3 Å². The molecular weight excluding hydrogens is 388 g/mol. The number of amides is 1. The molecule has 0 radical (unpaired) electrons. The van der Waals surface area contributed by atoms with Gasteiger partial charge in [-0.1, -0.05) is 35.9 Å². The Hall–Kier alpha value is -3.38. The van der Waals surface area contributed by atoms with Gasteiger partial charge in [0, 0.05) is 10.7 Å². The number of aromatic nitrogens is 2. The van der Waals surface area contributed by atoms with Gasteiger partial charge in [-0.25, -0.2) is 4.68 Å². The molecule has 6 nitrogen and oxygen atoms in total. The van der Waals surface area contributed by atoms with Crippen LogP contribution in [-0.2, 0) is 4.79 Å². The van der Waals surface area contributed by atoms with Crippen LogP contribution >= 0.6 is 11.6 Å². The van der Waals surface area contributed by atoms with Crippen LogP contribution in [0.1, 0.15) is 23.7 Å². The van der Waals surface area contributed by atoms with Crippen LogP contribution in [0.15, 0.2) is 64.0 Å². The molecule has 4 rings (SSSR count). The summed E-state index contributed by atoms with van der Waals surface area (Å²) in [5.74, 6) is -0.299. The summed E-state index contributed by atoms with van der Waals surface area (Å²) in [7, 11) is 0. The maximum Gasteiger partial charge on any atom is 0.280 e. The van der Waals surface area contributed by atoms with Gasteiger partial charge in [0.05, 0.1) is 28.2 Å². The summed E-state index contributed by atoms with van der Waals surface area (Å²) in [6.45, 7) is 5.50. The number of benzene rings is 2. The molecule has 0 atom stereocenters. The third-order valence-electron chi connectivity index (χ3n) is 4.88. The Labute approximate surface area is 172 Å². The molecule has 0 saturated carbocycles. The van der Waals surface area contributed by atoms with Crippen LogP contribution in [0.5, 0.6) is 0 Å². The number of aromatic amines is 1. The predicted molar refractivity (Wildman–Crippen MR) is 116 cm³/mol. The Morgan fingerprint density at radius 3 is 2.52 bits per heavy atom. The molecule has 3 aromatic rings. The summed E-state index contributed by atoms with van der Waals surface area (Å²) in [6, 6.07) is 14.5. The Kier molecular flexibility index (Phi) is 4.72. The van der Waals surface area contributed by atoms with E-state index in [1.807, 2.05) is 38.1 Å². The molecule has 2 aromatic carbocycles. The van der Waals surface area contributed by atoms with Gasteiger partial charge in [0.1, 0.15) is 0 Å². The number of hydrazone groups is 1. The fourth-order valence-electron chi connectivity index (χ4n) is 3.32. The minimum atomic E-state index is -0.299. The Morgan fingerprint density at radius 2 is 1.79 bits per heavy atom. The summed E-state index contributed by atoms with van der Waals surface area (Å²) in [6.07, 6.45) is 1.61. The molecule has 1 aliphatic heterocycles. The molecule has 0 unspecified atom stereocenters. The summed E-state index contributed by atoms with van der Waals surface area (Å²) < 4.78 is 1.50. The van der Waals surface area contributed by atoms with Gasteiger partial charge in [0.2, 0.25) is 0 Å². The second kappa shape index (κ2) is 7.22. The first kappa shape index (κ1) is 19.0. The van der Waals surface area contributed by atoms with Crippen LogP contribution < -0.4 is 10.6 Å². The molecule has 0 spiro atoms. The van der Waals surface area contributed by atoms with Crippen molar-refractivity contribution in [3.8, 4) is 5.69 Å². The van der Waals surface area contributed by atoms with E-state index >= 15 is 0 Å². The second-order valence-corrected chi connectivity index (χ2v) is 7.35. The average molecular weight is 407 g/mol. The minimum absolute atomic E-state index is 0.217. The molecule has 0 aliphatic carbocycles. The first-order chi connectivity index (χ1) is 13.9. The standard InChI is InChI=1S/C22H19ClN4O2/c1-13-7-4-5-10-20(13)27-22(29)19(15(3)25-27)12-18-14(2)24-26(21(18)28)17-9-6-8-16(23)11-17/h4-12,25H,1-3H3/b18-12+. The number of carbonyl (C=O) groups excluding carboxylic acids is 1. The number of hydrogen-bond acceptors (Lipinski definition) is 3. The van der Waals surface area contributed by atoms with Crippen LogP contribution in [0.4, 0.5) is 5.69 Å². The fourth-order valence-corrected chi connectivity index (χ4v) is 3.51. The molecule has 7 heteroatoms. The smallest absolute Gasteiger partial charge is 0.280 e. The number of anilines is 1. The monoisotopic (exact) mass is 406 g/mol. The van der Waals surface area contributed by atoms with Gasteiger partial charge < -0.3 is 0 Å². The van der Waals surface area contributed by atoms with Crippen molar-refractivity contribution >= 4 is 35.0 Å². The zero-order chi connectivity index (χ0) is 20.7. The Morgan fingerprint density at radius 1 is 1.03 bits per heavy atom. The van der Waals surface area contributed by atoms with Crippen molar-refractivity contribution in [2.45, 2.75) is 20.8 Å². The van der Waals surface area contributed by atoms with E-state index in [9.17, 15) is 9.59 Å². The molecule has 0 saturated heterocycles. The topological polar surface area (TPSA) is 70.5 Å². The lowest BCUT2D eigenvalue weighted by Gasteiger charge is -2.11. The highest BCUT2D eigenvalue weighted by Crippen LogP contribution is 2.27. The van der Waals surface area contributed by atoms with Crippen LogP contribution in [0.25, 0.3) is 11.8 Å².